The third kappa shape index (κ3) is 3.61. The lowest BCUT2D eigenvalue weighted by molar-refractivity contribution is 0.102. The molecule has 2 aromatic rings. The van der Waals surface area contributed by atoms with Crippen LogP contribution in [-0.2, 0) is 0 Å². The van der Waals surface area contributed by atoms with Crippen molar-refractivity contribution in [1.29, 1.82) is 0 Å². The molecule has 1 N–H and O–H groups in total. The van der Waals surface area contributed by atoms with Gasteiger partial charge in [-0.3, -0.25) is 4.79 Å². The van der Waals surface area contributed by atoms with Gasteiger partial charge in [-0.2, -0.15) is 0 Å². The fourth-order valence-corrected chi connectivity index (χ4v) is 2.35. The number of anilines is 1. The molecular formula is C16H15BrFNO2. The van der Waals surface area contributed by atoms with Crippen LogP contribution in [0.4, 0.5) is 10.1 Å². The van der Waals surface area contributed by atoms with Gasteiger partial charge in [0.25, 0.3) is 5.91 Å². The van der Waals surface area contributed by atoms with Crippen LogP contribution in [0.3, 0.4) is 0 Å². The van der Waals surface area contributed by atoms with Crippen LogP contribution < -0.4 is 10.1 Å². The number of amides is 1. The van der Waals surface area contributed by atoms with E-state index < -0.39 is 5.82 Å². The zero-order chi connectivity index (χ0) is 15.4. The Labute approximate surface area is 131 Å². The molecule has 0 saturated carbocycles. The first kappa shape index (κ1) is 15.5. The minimum atomic E-state index is -0.497. The number of benzene rings is 2. The predicted molar refractivity (Wildman–Crippen MR) is 84.7 cm³/mol. The van der Waals surface area contributed by atoms with Crippen molar-refractivity contribution in [2.75, 3.05) is 12.4 Å². The number of rotatable bonds is 4. The zero-order valence-corrected chi connectivity index (χ0v) is 13.3. The van der Waals surface area contributed by atoms with Crippen LogP contribution in [0.5, 0.6) is 5.75 Å². The first-order valence-corrected chi connectivity index (χ1v) is 7.32. The number of para-hydroxylation sites is 1. The fraction of sp³-hybridized carbons (Fsp3) is 0.188. The van der Waals surface area contributed by atoms with Gasteiger partial charge in [0.15, 0.2) is 11.6 Å². The molecule has 3 nitrogen and oxygen atoms in total. The third-order valence-corrected chi connectivity index (χ3v) is 3.54. The highest BCUT2D eigenvalue weighted by Gasteiger charge is 2.13. The molecule has 0 saturated heterocycles. The van der Waals surface area contributed by atoms with Gasteiger partial charge < -0.3 is 10.1 Å². The Balaban J connectivity index is 2.26. The minimum Gasteiger partial charge on any atom is -0.494 e. The number of carbonyl (C=O) groups is 1. The maximum atomic E-state index is 13.4. The average molecular weight is 352 g/mol. The standard InChI is InChI=1S/C16H15BrFNO2/c1-10(17)12-5-3-4-6-14(12)19-16(20)11-7-8-13(18)15(9-11)21-2/h3-10H,1-2H3,(H,19,20). The number of alkyl halides is 1. The third-order valence-electron chi connectivity index (χ3n) is 3.05. The highest BCUT2D eigenvalue weighted by atomic mass is 79.9. The molecule has 0 radical (unpaired) electrons. The minimum absolute atomic E-state index is 0.0461. The van der Waals surface area contributed by atoms with E-state index in [9.17, 15) is 9.18 Å². The van der Waals surface area contributed by atoms with Gasteiger partial charge in [-0.15, -0.1) is 0 Å². The molecule has 0 bridgehead atoms. The molecule has 110 valence electrons. The lowest BCUT2D eigenvalue weighted by atomic mass is 10.1. The van der Waals surface area contributed by atoms with Gasteiger partial charge in [0, 0.05) is 16.1 Å². The van der Waals surface area contributed by atoms with E-state index in [0.29, 0.717) is 5.56 Å². The number of ether oxygens (including phenoxy) is 1. The van der Waals surface area contributed by atoms with Crippen molar-refractivity contribution >= 4 is 27.5 Å². The average Bonchev–Trinajstić information content (AvgIpc) is 2.48. The van der Waals surface area contributed by atoms with Crippen LogP contribution in [-0.4, -0.2) is 13.0 Å². The number of hydrogen-bond donors (Lipinski definition) is 1. The SMILES string of the molecule is COc1cc(C(=O)Nc2ccccc2C(C)Br)ccc1F. The highest BCUT2D eigenvalue weighted by molar-refractivity contribution is 9.09. The monoisotopic (exact) mass is 351 g/mol. The van der Waals surface area contributed by atoms with Gasteiger partial charge in [0.05, 0.1) is 7.11 Å². The molecule has 0 aliphatic rings. The van der Waals surface area contributed by atoms with Crippen LogP contribution in [0, 0.1) is 5.82 Å². The molecule has 0 fully saturated rings. The lowest BCUT2D eigenvalue weighted by Gasteiger charge is -2.13. The Bertz CT molecular complexity index is 658. The first-order chi connectivity index (χ1) is 10.0. The van der Waals surface area contributed by atoms with E-state index in [1.54, 1.807) is 0 Å². The summed E-state index contributed by atoms with van der Waals surface area (Å²) in [6, 6.07) is 11.5. The van der Waals surface area contributed by atoms with Crippen LogP contribution in [0.25, 0.3) is 0 Å². The van der Waals surface area contributed by atoms with Crippen molar-refractivity contribution in [3.63, 3.8) is 0 Å². The summed E-state index contributed by atoms with van der Waals surface area (Å²) in [4.78, 5) is 12.4. The van der Waals surface area contributed by atoms with E-state index in [1.165, 1.54) is 25.3 Å². The molecule has 1 unspecified atom stereocenters. The second kappa shape index (κ2) is 6.72. The van der Waals surface area contributed by atoms with E-state index in [4.69, 9.17) is 4.74 Å². The summed E-state index contributed by atoms with van der Waals surface area (Å²) in [5.41, 5.74) is 2.03. The van der Waals surface area contributed by atoms with E-state index in [-0.39, 0.29) is 16.5 Å². The molecule has 0 aliphatic heterocycles. The second-order valence-corrected chi connectivity index (χ2v) is 5.88. The van der Waals surface area contributed by atoms with Crippen molar-refractivity contribution < 1.29 is 13.9 Å². The van der Waals surface area contributed by atoms with Crippen molar-refractivity contribution in [2.45, 2.75) is 11.8 Å². The van der Waals surface area contributed by atoms with E-state index in [1.807, 2.05) is 31.2 Å². The molecule has 1 atom stereocenters. The summed E-state index contributed by atoms with van der Waals surface area (Å²) < 4.78 is 18.3. The lowest BCUT2D eigenvalue weighted by Crippen LogP contribution is -2.13. The van der Waals surface area contributed by atoms with Gasteiger partial charge >= 0.3 is 0 Å². The molecule has 5 heteroatoms. The topological polar surface area (TPSA) is 38.3 Å². The number of carbonyl (C=O) groups excluding carboxylic acids is 1. The predicted octanol–water partition coefficient (Wildman–Crippen LogP) is 4.54. The summed E-state index contributed by atoms with van der Waals surface area (Å²) in [6.07, 6.45) is 0. The van der Waals surface area contributed by atoms with Gasteiger partial charge in [0.1, 0.15) is 0 Å². The van der Waals surface area contributed by atoms with Crippen LogP contribution in [0.2, 0.25) is 0 Å². The summed E-state index contributed by atoms with van der Waals surface area (Å²) in [6.45, 7) is 1.98. The number of hydrogen-bond acceptors (Lipinski definition) is 2. The van der Waals surface area contributed by atoms with E-state index >= 15 is 0 Å². The quantitative estimate of drug-likeness (QED) is 0.821. The molecule has 0 spiro atoms. The fourth-order valence-electron chi connectivity index (χ4n) is 1.95. The molecule has 0 heterocycles. The Morgan fingerprint density at radius 1 is 1.29 bits per heavy atom. The maximum Gasteiger partial charge on any atom is 0.255 e. The van der Waals surface area contributed by atoms with Crippen LogP contribution in [0.1, 0.15) is 27.7 Å². The van der Waals surface area contributed by atoms with Crippen molar-refractivity contribution in [1.82, 2.24) is 0 Å². The Hall–Kier alpha value is -1.88. The molecule has 2 rings (SSSR count). The number of methoxy groups -OCH3 is 1. The smallest absolute Gasteiger partial charge is 0.255 e. The molecular weight excluding hydrogens is 337 g/mol. The summed E-state index contributed by atoms with van der Waals surface area (Å²) in [7, 11) is 1.36. The zero-order valence-electron chi connectivity index (χ0n) is 11.7. The number of halogens is 2. The van der Waals surface area contributed by atoms with E-state index in [2.05, 4.69) is 21.2 Å². The second-order valence-electron chi connectivity index (χ2n) is 4.51. The first-order valence-electron chi connectivity index (χ1n) is 6.41. The normalized spacial score (nSPS) is 11.8. The van der Waals surface area contributed by atoms with Crippen molar-refractivity contribution in [3.8, 4) is 5.75 Å². The largest absolute Gasteiger partial charge is 0.494 e. The van der Waals surface area contributed by atoms with Crippen molar-refractivity contribution in [2.24, 2.45) is 0 Å². The number of nitrogens with one attached hydrogen (secondary N) is 1. The molecule has 0 aliphatic carbocycles. The van der Waals surface area contributed by atoms with Gasteiger partial charge in [0.2, 0.25) is 0 Å². The van der Waals surface area contributed by atoms with Crippen LogP contribution in [0.15, 0.2) is 42.5 Å². The van der Waals surface area contributed by atoms with E-state index in [0.717, 1.165) is 11.3 Å². The molecule has 21 heavy (non-hydrogen) atoms. The Kier molecular flexibility index (Phi) is 4.96. The molecule has 0 aromatic heterocycles. The summed E-state index contributed by atoms with van der Waals surface area (Å²) in [5.74, 6) is -0.762. The van der Waals surface area contributed by atoms with Gasteiger partial charge in [-0.25, -0.2) is 4.39 Å². The Morgan fingerprint density at radius 3 is 2.67 bits per heavy atom. The Morgan fingerprint density at radius 2 is 2.00 bits per heavy atom. The molecule has 2 aromatic carbocycles. The van der Waals surface area contributed by atoms with Gasteiger partial charge in [-0.05, 0) is 36.8 Å². The molecule has 1 amide bonds. The highest BCUT2D eigenvalue weighted by Crippen LogP contribution is 2.29. The summed E-state index contributed by atoms with van der Waals surface area (Å²) in [5, 5.41) is 2.83. The summed E-state index contributed by atoms with van der Waals surface area (Å²) >= 11 is 3.49. The van der Waals surface area contributed by atoms with Gasteiger partial charge in [-0.1, -0.05) is 34.1 Å². The maximum absolute atomic E-state index is 13.4. The van der Waals surface area contributed by atoms with Crippen molar-refractivity contribution in [3.05, 3.63) is 59.4 Å². The van der Waals surface area contributed by atoms with Crippen LogP contribution >= 0.6 is 15.9 Å².